The predicted octanol–water partition coefficient (Wildman–Crippen LogP) is 3.11. The summed E-state index contributed by atoms with van der Waals surface area (Å²) in [7, 11) is 0. The molecule has 0 spiro atoms. The normalized spacial score (nSPS) is 23.5. The molecule has 152 valence electrons. The van der Waals surface area contributed by atoms with Gasteiger partial charge < -0.3 is 15.0 Å². The third kappa shape index (κ3) is 7.70. The average molecular weight is 379 g/mol. The van der Waals surface area contributed by atoms with Gasteiger partial charge in [-0.1, -0.05) is 0 Å². The van der Waals surface area contributed by atoms with Crippen molar-refractivity contribution in [1.82, 2.24) is 15.1 Å². The summed E-state index contributed by atoms with van der Waals surface area (Å²) in [4.78, 5) is 15.3. The second-order valence-corrected chi connectivity index (χ2v) is 8.57. The van der Waals surface area contributed by atoms with Gasteiger partial charge in [0.2, 0.25) is 0 Å². The first-order valence-electron chi connectivity index (χ1n) is 9.49. The Balaban J connectivity index is 1.59. The zero-order valence-corrected chi connectivity index (χ0v) is 16.1. The van der Waals surface area contributed by atoms with E-state index in [1.165, 1.54) is 4.90 Å². The molecule has 2 heterocycles. The maximum absolute atomic E-state index is 12.4. The number of carbonyl (C=O) groups excluding carboxylic acids is 1. The first kappa shape index (κ1) is 21.3. The van der Waals surface area contributed by atoms with Crippen molar-refractivity contribution in [3.63, 3.8) is 0 Å². The molecule has 2 fully saturated rings. The highest BCUT2D eigenvalue weighted by Gasteiger charge is 2.34. The van der Waals surface area contributed by atoms with E-state index in [1.807, 2.05) is 20.8 Å². The molecule has 2 aliphatic heterocycles. The fourth-order valence-electron chi connectivity index (χ4n) is 3.61. The highest BCUT2D eigenvalue weighted by atomic mass is 19.4. The lowest BCUT2D eigenvalue weighted by molar-refractivity contribution is -0.143. The van der Waals surface area contributed by atoms with Crippen molar-refractivity contribution in [3.05, 3.63) is 0 Å². The molecule has 0 saturated carbocycles. The number of hydrogen-bond donors (Lipinski definition) is 1. The molecule has 5 nitrogen and oxygen atoms in total. The Bertz CT molecular complexity index is 458. The molecular formula is C18H32F3N3O2. The lowest BCUT2D eigenvalue weighted by Crippen LogP contribution is -2.43. The smallest absolute Gasteiger partial charge is 0.410 e. The molecular weight excluding hydrogens is 347 g/mol. The molecule has 1 unspecified atom stereocenters. The summed E-state index contributed by atoms with van der Waals surface area (Å²) in [5.41, 5.74) is -0.475. The van der Waals surface area contributed by atoms with Crippen LogP contribution in [0.15, 0.2) is 0 Å². The lowest BCUT2D eigenvalue weighted by Gasteiger charge is -2.33. The highest BCUT2D eigenvalue weighted by Crippen LogP contribution is 2.23. The SMILES string of the molecule is CC(C)(C)OC(=O)N1CCC(CNCC2CCN(CC(F)(F)F)C2)CC1. The van der Waals surface area contributed by atoms with Crippen LogP contribution in [0.1, 0.15) is 40.0 Å². The second-order valence-electron chi connectivity index (χ2n) is 8.57. The molecule has 0 bridgehead atoms. The van der Waals surface area contributed by atoms with E-state index in [0.29, 0.717) is 38.0 Å². The predicted molar refractivity (Wildman–Crippen MR) is 94.0 cm³/mol. The molecule has 0 aromatic rings. The van der Waals surface area contributed by atoms with Crippen LogP contribution in [-0.2, 0) is 4.74 Å². The number of hydrogen-bond acceptors (Lipinski definition) is 4. The Hall–Kier alpha value is -1.02. The molecule has 1 atom stereocenters. The van der Waals surface area contributed by atoms with E-state index >= 15 is 0 Å². The van der Waals surface area contributed by atoms with E-state index in [2.05, 4.69) is 5.32 Å². The Morgan fingerprint density at radius 3 is 2.19 bits per heavy atom. The molecule has 2 rings (SSSR count). The summed E-state index contributed by atoms with van der Waals surface area (Å²) in [5.74, 6) is 0.792. The first-order valence-corrected chi connectivity index (χ1v) is 9.49. The van der Waals surface area contributed by atoms with Crippen LogP contribution in [0, 0.1) is 11.8 Å². The maximum Gasteiger partial charge on any atom is 0.410 e. The number of nitrogens with one attached hydrogen (secondary N) is 1. The van der Waals surface area contributed by atoms with Gasteiger partial charge in [-0.2, -0.15) is 13.2 Å². The van der Waals surface area contributed by atoms with Crippen molar-refractivity contribution < 1.29 is 22.7 Å². The number of piperidine rings is 1. The second kappa shape index (κ2) is 8.78. The number of halogens is 3. The fourth-order valence-corrected chi connectivity index (χ4v) is 3.61. The summed E-state index contributed by atoms with van der Waals surface area (Å²) in [5, 5.41) is 3.42. The topological polar surface area (TPSA) is 44.8 Å². The molecule has 1 N–H and O–H groups in total. The van der Waals surface area contributed by atoms with Crippen LogP contribution >= 0.6 is 0 Å². The van der Waals surface area contributed by atoms with Gasteiger partial charge >= 0.3 is 12.3 Å². The van der Waals surface area contributed by atoms with E-state index in [9.17, 15) is 18.0 Å². The summed E-state index contributed by atoms with van der Waals surface area (Å²) >= 11 is 0. The fraction of sp³-hybridized carbons (Fsp3) is 0.944. The molecule has 26 heavy (non-hydrogen) atoms. The number of alkyl halides is 3. The molecule has 0 aromatic carbocycles. The monoisotopic (exact) mass is 379 g/mol. The first-order chi connectivity index (χ1) is 12.0. The minimum Gasteiger partial charge on any atom is -0.444 e. The van der Waals surface area contributed by atoms with Crippen LogP contribution in [0.2, 0.25) is 0 Å². The highest BCUT2D eigenvalue weighted by molar-refractivity contribution is 5.68. The summed E-state index contributed by atoms with van der Waals surface area (Å²) in [6, 6.07) is 0. The van der Waals surface area contributed by atoms with Gasteiger partial charge in [0.05, 0.1) is 6.54 Å². The van der Waals surface area contributed by atoms with Gasteiger partial charge in [0, 0.05) is 19.6 Å². The van der Waals surface area contributed by atoms with Crippen LogP contribution in [0.25, 0.3) is 0 Å². The summed E-state index contributed by atoms with van der Waals surface area (Å²) < 4.78 is 42.6. The zero-order chi connectivity index (χ0) is 19.4. The molecule has 1 amide bonds. The molecule has 8 heteroatoms. The van der Waals surface area contributed by atoms with E-state index < -0.39 is 18.3 Å². The number of ether oxygens (including phenoxy) is 1. The summed E-state index contributed by atoms with van der Waals surface area (Å²) in [6.45, 7) is 8.85. The molecule has 2 aliphatic rings. The minimum atomic E-state index is -4.11. The van der Waals surface area contributed by atoms with E-state index in [0.717, 1.165) is 32.4 Å². The van der Waals surface area contributed by atoms with Crippen LogP contribution in [0.3, 0.4) is 0 Å². The maximum atomic E-state index is 12.4. The van der Waals surface area contributed by atoms with Gasteiger partial charge in [-0.05, 0) is 71.5 Å². The number of likely N-dealkylation sites (tertiary alicyclic amines) is 2. The Morgan fingerprint density at radius 2 is 1.62 bits per heavy atom. The molecule has 2 saturated heterocycles. The zero-order valence-electron chi connectivity index (χ0n) is 16.1. The molecule has 0 aliphatic carbocycles. The molecule has 0 aromatic heterocycles. The van der Waals surface area contributed by atoms with Crippen molar-refractivity contribution in [2.45, 2.75) is 51.8 Å². The molecule has 0 radical (unpaired) electrons. The van der Waals surface area contributed by atoms with E-state index in [4.69, 9.17) is 4.74 Å². The largest absolute Gasteiger partial charge is 0.444 e. The van der Waals surface area contributed by atoms with Gasteiger partial charge in [0.1, 0.15) is 5.60 Å². The van der Waals surface area contributed by atoms with Crippen molar-refractivity contribution >= 4 is 6.09 Å². The number of amides is 1. The van der Waals surface area contributed by atoms with Crippen molar-refractivity contribution in [3.8, 4) is 0 Å². The van der Waals surface area contributed by atoms with Gasteiger partial charge in [-0.25, -0.2) is 4.79 Å². The van der Waals surface area contributed by atoms with Crippen molar-refractivity contribution in [1.29, 1.82) is 0 Å². The van der Waals surface area contributed by atoms with E-state index in [-0.39, 0.29) is 6.09 Å². The van der Waals surface area contributed by atoms with Gasteiger partial charge in [0.15, 0.2) is 0 Å². The third-order valence-corrected chi connectivity index (χ3v) is 4.91. The summed E-state index contributed by atoms with van der Waals surface area (Å²) in [6.07, 6.45) is -1.68. The van der Waals surface area contributed by atoms with Gasteiger partial charge in [0.25, 0.3) is 0 Å². The Morgan fingerprint density at radius 1 is 1.04 bits per heavy atom. The Labute approximate surface area is 154 Å². The van der Waals surface area contributed by atoms with Crippen molar-refractivity contribution in [2.75, 3.05) is 45.8 Å². The van der Waals surface area contributed by atoms with Crippen LogP contribution in [0.4, 0.5) is 18.0 Å². The quantitative estimate of drug-likeness (QED) is 0.797. The van der Waals surface area contributed by atoms with Gasteiger partial charge in [-0.15, -0.1) is 0 Å². The minimum absolute atomic E-state index is 0.250. The van der Waals surface area contributed by atoms with Crippen LogP contribution in [-0.4, -0.2) is 73.5 Å². The van der Waals surface area contributed by atoms with Gasteiger partial charge in [-0.3, -0.25) is 4.90 Å². The van der Waals surface area contributed by atoms with Crippen molar-refractivity contribution in [2.24, 2.45) is 11.8 Å². The number of rotatable bonds is 5. The van der Waals surface area contributed by atoms with Crippen LogP contribution < -0.4 is 5.32 Å². The number of carbonyl (C=O) groups is 1. The standard InChI is InChI=1S/C18H32F3N3O2/c1-17(2,3)26-16(25)24-8-5-14(6-9-24)10-22-11-15-4-7-23(12-15)13-18(19,20)21/h14-15,22H,4-13H2,1-3H3. The Kier molecular flexibility index (Phi) is 7.19. The average Bonchev–Trinajstić information content (AvgIpc) is 2.91. The van der Waals surface area contributed by atoms with Crippen LogP contribution in [0.5, 0.6) is 0 Å². The van der Waals surface area contributed by atoms with E-state index in [1.54, 1.807) is 4.90 Å². The lowest BCUT2D eigenvalue weighted by atomic mass is 9.96. The third-order valence-electron chi connectivity index (χ3n) is 4.91. The number of nitrogens with zero attached hydrogens (tertiary/aromatic N) is 2.